The Labute approximate surface area is 97.2 Å². The Hall–Kier alpha value is -0.990. The van der Waals surface area contributed by atoms with Crippen molar-refractivity contribution in [2.45, 2.75) is 45.4 Å². The van der Waals surface area contributed by atoms with Crippen molar-refractivity contribution in [3.8, 4) is 0 Å². The number of hydrogen-bond acceptors (Lipinski definition) is 3. The van der Waals surface area contributed by atoms with Crippen LogP contribution in [0.5, 0.6) is 0 Å². The number of esters is 1. The zero-order valence-electron chi connectivity index (χ0n) is 10.1. The minimum Gasteiger partial charge on any atom is -0.462 e. The van der Waals surface area contributed by atoms with Crippen molar-refractivity contribution in [3.05, 3.63) is 11.3 Å². The van der Waals surface area contributed by atoms with E-state index in [2.05, 4.69) is 5.32 Å². The van der Waals surface area contributed by atoms with Crippen LogP contribution in [0.4, 0.5) is 0 Å². The molecule has 1 N–H and O–H groups in total. The first-order chi connectivity index (χ1) is 7.77. The van der Waals surface area contributed by atoms with Gasteiger partial charge in [0.25, 0.3) is 0 Å². The highest BCUT2D eigenvalue weighted by Gasteiger charge is 2.21. The molecule has 1 saturated heterocycles. The summed E-state index contributed by atoms with van der Waals surface area (Å²) in [4.78, 5) is 11.3. The van der Waals surface area contributed by atoms with Crippen LogP contribution in [-0.4, -0.2) is 19.1 Å². The van der Waals surface area contributed by atoms with Crippen LogP contribution in [0, 0.1) is 5.92 Å². The molecule has 2 fully saturated rings. The Morgan fingerprint density at radius 2 is 2.12 bits per heavy atom. The van der Waals surface area contributed by atoms with Crippen molar-refractivity contribution in [1.82, 2.24) is 5.32 Å². The maximum absolute atomic E-state index is 11.3. The van der Waals surface area contributed by atoms with Gasteiger partial charge in [0.1, 0.15) is 0 Å². The fraction of sp³-hybridized carbons (Fsp3) is 0.769. The Morgan fingerprint density at radius 1 is 1.38 bits per heavy atom. The normalized spacial score (nSPS) is 25.4. The van der Waals surface area contributed by atoms with Crippen molar-refractivity contribution in [3.63, 3.8) is 0 Å². The van der Waals surface area contributed by atoms with Crippen LogP contribution in [0.3, 0.4) is 0 Å². The average molecular weight is 223 g/mol. The molecule has 1 heterocycles. The van der Waals surface area contributed by atoms with E-state index < -0.39 is 0 Å². The van der Waals surface area contributed by atoms with Gasteiger partial charge in [0.15, 0.2) is 0 Å². The number of nitrogens with one attached hydrogen (secondary N) is 1. The molecule has 1 saturated carbocycles. The van der Waals surface area contributed by atoms with Crippen LogP contribution in [0.1, 0.15) is 45.4 Å². The van der Waals surface area contributed by atoms with Gasteiger partial charge in [-0.25, -0.2) is 4.79 Å². The molecule has 90 valence electrons. The summed E-state index contributed by atoms with van der Waals surface area (Å²) in [6, 6.07) is 0. The summed E-state index contributed by atoms with van der Waals surface area (Å²) in [6.07, 6.45) is 7.55. The Morgan fingerprint density at radius 3 is 2.75 bits per heavy atom. The van der Waals surface area contributed by atoms with E-state index in [0.717, 1.165) is 30.2 Å². The molecule has 0 aromatic rings. The summed E-state index contributed by atoms with van der Waals surface area (Å²) in [5, 5.41) is 3.40. The summed E-state index contributed by atoms with van der Waals surface area (Å²) in [7, 11) is 0. The van der Waals surface area contributed by atoms with Crippen molar-refractivity contribution >= 4 is 5.97 Å². The third-order valence-electron chi connectivity index (χ3n) is 3.66. The first-order valence-corrected chi connectivity index (χ1v) is 6.38. The van der Waals surface area contributed by atoms with Gasteiger partial charge in [0.05, 0.1) is 12.2 Å². The van der Waals surface area contributed by atoms with Crippen molar-refractivity contribution in [2.24, 2.45) is 5.92 Å². The molecule has 0 amide bonds. The second-order valence-electron chi connectivity index (χ2n) is 4.87. The van der Waals surface area contributed by atoms with E-state index in [0.29, 0.717) is 6.61 Å². The van der Waals surface area contributed by atoms with Crippen molar-refractivity contribution < 1.29 is 9.53 Å². The largest absolute Gasteiger partial charge is 0.462 e. The molecule has 1 aliphatic heterocycles. The van der Waals surface area contributed by atoms with Gasteiger partial charge < -0.3 is 10.1 Å². The van der Waals surface area contributed by atoms with Crippen LogP contribution in [-0.2, 0) is 9.53 Å². The minimum atomic E-state index is -0.131. The fourth-order valence-electron chi connectivity index (χ4n) is 2.57. The SMILES string of the molecule is CC(NCC1CCCCC1)=C1CCOC1=O. The highest BCUT2D eigenvalue weighted by molar-refractivity contribution is 5.90. The number of carbonyl (C=O) groups is 1. The van der Waals surface area contributed by atoms with E-state index >= 15 is 0 Å². The summed E-state index contributed by atoms with van der Waals surface area (Å²) < 4.78 is 4.94. The Balaban J connectivity index is 1.82. The van der Waals surface area contributed by atoms with Gasteiger partial charge in [0, 0.05) is 18.7 Å². The molecule has 3 nitrogen and oxygen atoms in total. The number of hydrogen-bond donors (Lipinski definition) is 1. The van der Waals surface area contributed by atoms with Crippen LogP contribution in [0.25, 0.3) is 0 Å². The zero-order chi connectivity index (χ0) is 11.4. The van der Waals surface area contributed by atoms with Gasteiger partial charge >= 0.3 is 5.97 Å². The van der Waals surface area contributed by atoms with Crippen LogP contribution in [0.15, 0.2) is 11.3 Å². The Bertz CT molecular complexity index is 290. The molecule has 1 aliphatic carbocycles. The average Bonchev–Trinajstić information content (AvgIpc) is 2.74. The third kappa shape index (κ3) is 2.77. The first-order valence-electron chi connectivity index (χ1n) is 6.38. The monoisotopic (exact) mass is 223 g/mol. The van der Waals surface area contributed by atoms with Crippen LogP contribution < -0.4 is 5.32 Å². The van der Waals surface area contributed by atoms with Crippen LogP contribution >= 0.6 is 0 Å². The predicted octanol–water partition coefficient (Wildman–Crippen LogP) is 2.38. The van der Waals surface area contributed by atoms with Gasteiger partial charge in [0.2, 0.25) is 0 Å². The lowest BCUT2D eigenvalue weighted by Crippen LogP contribution is -2.24. The van der Waals surface area contributed by atoms with E-state index in [4.69, 9.17) is 4.74 Å². The molecule has 0 atom stereocenters. The lowest BCUT2D eigenvalue weighted by atomic mass is 9.89. The van der Waals surface area contributed by atoms with E-state index in [1.54, 1.807) is 0 Å². The van der Waals surface area contributed by atoms with Gasteiger partial charge in [-0.15, -0.1) is 0 Å². The molecule has 3 heteroatoms. The van der Waals surface area contributed by atoms with E-state index in [1.165, 1.54) is 32.1 Å². The quantitative estimate of drug-likeness (QED) is 0.589. The highest BCUT2D eigenvalue weighted by Crippen LogP contribution is 2.23. The summed E-state index contributed by atoms with van der Waals surface area (Å²) >= 11 is 0. The fourth-order valence-corrected chi connectivity index (χ4v) is 2.57. The lowest BCUT2D eigenvalue weighted by molar-refractivity contribution is -0.135. The number of allylic oxidation sites excluding steroid dienone is 1. The molecule has 0 aromatic carbocycles. The topological polar surface area (TPSA) is 38.3 Å². The maximum Gasteiger partial charge on any atom is 0.335 e. The summed E-state index contributed by atoms with van der Waals surface area (Å²) in [6.45, 7) is 3.56. The molecule has 2 aliphatic rings. The number of rotatable bonds is 3. The molecule has 2 rings (SSSR count). The summed E-state index contributed by atoms with van der Waals surface area (Å²) in [5.41, 5.74) is 1.86. The number of cyclic esters (lactones) is 1. The van der Waals surface area contributed by atoms with E-state index in [1.807, 2.05) is 6.92 Å². The minimum absolute atomic E-state index is 0.131. The molecule has 16 heavy (non-hydrogen) atoms. The van der Waals surface area contributed by atoms with Gasteiger partial charge in [-0.1, -0.05) is 19.3 Å². The third-order valence-corrected chi connectivity index (χ3v) is 3.66. The van der Waals surface area contributed by atoms with Crippen molar-refractivity contribution in [2.75, 3.05) is 13.2 Å². The van der Waals surface area contributed by atoms with Crippen molar-refractivity contribution in [1.29, 1.82) is 0 Å². The molecular formula is C13H21NO2. The lowest BCUT2D eigenvalue weighted by Gasteiger charge is -2.22. The zero-order valence-corrected chi connectivity index (χ0v) is 10.1. The molecular weight excluding hydrogens is 202 g/mol. The first kappa shape index (κ1) is 11.5. The standard InChI is InChI=1S/C13H21NO2/c1-10(12-7-8-16-13(12)15)14-9-11-5-3-2-4-6-11/h11,14H,2-9H2,1H3. The maximum atomic E-state index is 11.3. The molecule has 0 unspecified atom stereocenters. The predicted molar refractivity (Wildman–Crippen MR) is 62.9 cm³/mol. The van der Waals surface area contributed by atoms with Gasteiger partial charge in [-0.3, -0.25) is 0 Å². The van der Waals surface area contributed by atoms with Gasteiger partial charge in [-0.2, -0.15) is 0 Å². The molecule has 0 radical (unpaired) electrons. The van der Waals surface area contributed by atoms with Gasteiger partial charge in [-0.05, 0) is 25.7 Å². The highest BCUT2D eigenvalue weighted by atomic mass is 16.5. The molecule has 0 spiro atoms. The summed E-state index contributed by atoms with van der Waals surface area (Å²) in [5.74, 6) is 0.662. The second-order valence-corrected chi connectivity index (χ2v) is 4.87. The Kier molecular flexibility index (Phi) is 3.86. The van der Waals surface area contributed by atoms with E-state index in [9.17, 15) is 4.79 Å². The van der Waals surface area contributed by atoms with E-state index in [-0.39, 0.29) is 5.97 Å². The number of carbonyl (C=O) groups excluding carboxylic acids is 1. The molecule has 0 aromatic heterocycles. The van der Waals surface area contributed by atoms with Crippen LogP contribution in [0.2, 0.25) is 0 Å². The molecule has 0 bridgehead atoms. The number of ether oxygens (including phenoxy) is 1. The smallest absolute Gasteiger partial charge is 0.335 e. The second kappa shape index (κ2) is 5.37.